The topological polar surface area (TPSA) is 37.4 Å². The molecular formula is C15H25N3O. The number of hydrogen-bond donors (Lipinski definition) is 1. The summed E-state index contributed by atoms with van der Waals surface area (Å²) < 4.78 is 5.82. The van der Waals surface area contributed by atoms with Gasteiger partial charge in [0.25, 0.3) is 0 Å². The molecule has 1 aromatic rings. The van der Waals surface area contributed by atoms with E-state index in [0.717, 1.165) is 26.2 Å². The molecule has 0 bridgehead atoms. The highest BCUT2D eigenvalue weighted by Crippen LogP contribution is 2.21. The van der Waals surface area contributed by atoms with E-state index in [1.807, 2.05) is 12.4 Å². The molecule has 2 heterocycles. The highest BCUT2D eigenvalue weighted by Gasteiger charge is 2.17. The summed E-state index contributed by atoms with van der Waals surface area (Å²) in [5, 5.41) is 3.37. The number of nitrogens with zero attached hydrogens (tertiary/aromatic N) is 2. The van der Waals surface area contributed by atoms with Gasteiger partial charge in [0.15, 0.2) is 0 Å². The van der Waals surface area contributed by atoms with Gasteiger partial charge >= 0.3 is 0 Å². The van der Waals surface area contributed by atoms with E-state index in [1.54, 1.807) is 0 Å². The third kappa shape index (κ3) is 4.18. The monoisotopic (exact) mass is 263 g/mol. The normalized spacial score (nSPS) is 19.4. The molecular weight excluding hydrogens is 238 g/mol. The first kappa shape index (κ1) is 14.3. The van der Waals surface area contributed by atoms with Crippen LogP contribution in [0.4, 0.5) is 5.69 Å². The SMILES string of the molecule is CCNCc1cnccc1N(C)CC1CCCCO1. The Bertz CT molecular complexity index is 377. The van der Waals surface area contributed by atoms with Gasteiger partial charge in [-0.3, -0.25) is 4.98 Å². The van der Waals surface area contributed by atoms with Crippen molar-refractivity contribution in [2.75, 3.05) is 31.6 Å². The fourth-order valence-electron chi connectivity index (χ4n) is 2.54. The first-order valence-corrected chi connectivity index (χ1v) is 7.27. The van der Waals surface area contributed by atoms with E-state index in [0.29, 0.717) is 6.10 Å². The summed E-state index contributed by atoms with van der Waals surface area (Å²) in [5.41, 5.74) is 2.51. The van der Waals surface area contributed by atoms with Crippen molar-refractivity contribution in [3.05, 3.63) is 24.0 Å². The second-order valence-electron chi connectivity index (χ2n) is 5.15. The lowest BCUT2D eigenvalue weighted by Crippen LogP contribution is -2.34. The molecule has 1 aliphatic heterocycles. The van der Waals surface area contributed by atoms with Crippen LogP contribution in [0.1, 0.15) is 31.7 Å². The van der Waals surface area contributed by atoms with Gasteiger partial charge in [-0.2, -0.15) is 0 Å². The minimum absolute atomic E-state index is 0.374. The minimum Gasteiger partial charge on any atom is -0.376 e. The van der Waals surface area contributed by atoms with Gasteiger partial charge in [-0.15, -0.1) is 0 Å². The molecule has 0 radical (unpaired) electrons. The summed E-state index contributed by atoms with van der Waals surface area (Å²) in [4.78, 5) is 6.53. The van der Waals surface area contributed by atoms with Crippen LogP contribution in [-0.4, -0.2) is 37.8 Å². The second kappa shape index (κ2) is 7.46. The highest BCUT2D eigenvalue weighted by molar-refractivity contribution is 5.51. The maximum absolute atomic E-state index is 5.82. The molecule has 0 saturated carbocycles. The van der Waals surface area contributed by atoms with Gasteiger partial charge in [0.1, 0.15) is 0 Å². The van der Waals surface area contributed by atoms with Gasteiger partial charge in [0.2, 0.25) is 0 Å². The van der Waals surface area contributed by atoms with Crippen molar-refractivity contribution >= 4 is 5.69 Å². The third-order valence-corrected chi connectivity index (χ3v) is 3.61. The van der Waals surface area contributed by atoms with Crippen LogP contribution in [0.2, 0.25) is 0 Å². The predicted octanol–water partition coefficient (Wildman–Crippen LogP) is 2.20. The van der Waals surface area contributed by atoms with Crippen molar-refractivity contribution in [1.82, 2.24) is 10.3 Å². The quantitative estimate of drug-likeness (QED) is 0.854. The smallest absolute Gasteiger partial charge is 0.0749 e. The molecule has 0 aromatic carbocycles. The van der Waals surface area contributed by atoms with E-state index < -0.39 is 0 Å². The van der Waals surface area contributed by atoms with Crippen molar-refractivity contribution in [2.45, 2.75) is 38.8 Å². The molecule has 1 unspecified atom stereocenters. The van der Waals surface area contributed by atoms with Crippen LogP contribution in [0, 0.1) is 0 Å². The van der Waals surface area contributed by atoms with Gasteiger partial charge in [-0.1, -0.05) is 6.92 Å². The van der Waals surface area contributed by atoms with E-state index in [4.69, 9.17) is 4.74 Å². The first-order chi connectivity index (χ1) is 9.31. The Hall–Kier alpha value is -1.13. The summed E-state index contributed by atoms with van der Waals surface area (Å²) in [6, 6.07) is 2.09. The Morgan fingerprint density at radius 2 is 2.37 bits per heavy atom. The van der Waals surface area contributed by atoms with Crippen LogP contribution >= 0.6 is 0 Å². The summed E-state index contributed by atoms with van der Waals surface area (Å²) in [7, 11) is 2.14. The van der Waals surface area contributed by atoms with E-state index in [1.165, 1.54) is 30.5 Å². The Morgan fingerprint density at radius 1 is 1.47 bits per heavy atom. The zero-order valence-electron chi connectivity index (χ0n) is 12.1. The summed E-state index contributed by atoms with van der Waals surface area (Å²) in [5.74, 6) is 0. The number of anilines is 1. The van der Waals surface area contributed by atoms with Crippen molar-refractivity contribution in [3.63, 3.8) is 0 Å². The van der Waals surface area contributed by atoms with Crippen LogP contribution < -0.4 is 10.2 Å². The maximum atomic E-state index is 5.82. The fourth-order valence-corrected chi connectivity index (χ4v) is 2.54. The largest absolute Gasteiger partial charge is 0.376 e. The third-order valence-electron chi connectivity index (χ3n) is 3.61. The highest BCUT2D eigenvalue weighted by atomic mass is 16.5. The van der Waals surface area contributed by atoms with Crippen LogP contribution in [-0.2, 0) is 11.3 Å². The number of rotatable bonds is 6. The van der Waals surface area contributed by atoms with Crippen molar-refractivity contribution < 1.29 is 4.74 Å². The van der Waals surface area contributed by atoms with Crippen LogP contribution in [0.5, 0.6) is 0 Å². The first-order valence-electron chi connectivity index (χ1n) is 7.27. The minimum atomic E-state index is 0.374. The van der Waals surface area contributed by atoms with Gasteiger partial charge in [0.05, 0.1) is 6.10 Å². The maximum Gasteiger partial charge on any atom is 0.0749 e. The lowest BCUT2D eigenvalue weighted by Gasteiger charge is -2.29. The van der Waals surface area contributed by atoms with Gasteiger partial charge in [-0.25, -0.2) is 0 Å². The molecule has 1 saturated heterocycles. The molecule has 4 nitrogen and oxygen atoms in total. The number of hydrogen-bond acceptors (Lipinski definition) is 4. The Morgan fingerprint density at radius 3 is 3.11 bits per heavy atom. The van der Waals surface area contributed by atoms with Crippen LogP contribution in [0.15, 0.2) is 18.5 Å². The number of ether oxygens (including phenoxy) is 1. The molecule has 1 N–H and O–H groups in total. The molecule has 1 aromatic heterocycles. The van der Waals surface area contributed by atoms with E-state index >= 15 is 0 Å². The Kier molecular flexibility index (Phi) is 5.61. The number of nitrogens with one attached hydrogen (secondary N) is 1. The zero-order chi connectivity index (χ0) is 13.5. The van der Waals surface area contributed by atoms with Crippen molar-refractivity contribution in [2.24, 2.45) is 0 Å². The van der Waals surface area contributed by atoms with E-state index in [9.17, 15) is 0 Å². The van der Waals surface area contributed by atoms with Crippen molar-refractivity contribution in [3.8, 4) is 0 Å². The molecule has 1 aliphatic rings. The fraction of sp³-hybridized carbons (Fsp3) is 0.667. The molecule has 0 aliphatic carbocycles. The standard InChI is InChI=1S/C15H25N3O/c1-3-16-10-13-11-17-8-7-15(13)18(2)12-14-6-4-5-9-19-14/h7-8,11,14,16H,3-6,9-10,12H2,1-2H3. The lowest BCUT2D eigenvalue weighted by atomic mass is 10.1. The molecule has 0 spiro atoms. The molecule has 1 fully saturated rings. The average molecular weight is 263 g/mol. The summed E-state index contributed by atoms with van der Waals surface area (Å²) >= 11 is 0. The molecule has 2 rings (SSSR count). The molecule has 0 amide bonds. The van der Waals surface area contributed by atoms with Crippen LogP contribution in [0.25, 0.3) is 0 Å². The van der Waals surface area contributed by atoms with Gasteiger partial charge in [0, 0.05) is 50.4 Å². The Labute approximate surface area is 116 Å². The molecule has 106 valence electrons. The van der Waals surface area contributed by atoms with Crippen molar-refractivity contribution in [1.29, 1.82) is 0 Å². The zero-order valence-corrected chi connectivity index (χ0v) is 12.1. The lowest BCUT2D eigenvalue weighted by molar-refractivity contribution is 0.0216. The molecule has 19 heavy (non-hydrogen) atoms. The van der Waals surface area contributed by atoms with Gasteiger partial charge < -0.3 is 15.0 Å². The predicted molar refractivity (Wildman–Crippen MR) is 78.5 cm³/mol. The number of aromatic nitrogens is 1. The van der Waals surface area contributed by atoms with E-state index in [2.05, 4.69) is 35.2 Å². The van der Waals surface area contributed by atoms with E-state index in [-0.39, 0.29) is 0 Å². The summed E-state index contributed by atoms with van der Waals surface area (Å²) in [6.07, 6.45) is 7.87. The summed E-state index contributed by atoms with van der Waals surface area (Å²) in [6.45, 7) is 5.84. The van der Waals surface area contributed by atoms with Crippen LogP contribution in [0.3, 0.4) is 0 Å². The van der Waals surface area contributed by atoms with Gasteiger partial charge in [-0.05, 0) is 31.9 Å². The average Bonchev–Trinajstić information content (AvgIpc) is 2.46. The molecule has 4 heteroatoms. The second-order valence-corrected chi connectivity index (χ2v) is 5.15. The molecule has 1 atom stereocenters. The number of likely N-dealkylation sites (N-methyl/N-ethyl adjacent to an activating group) is 1. The number of pyridine rings is 1. The Balaban J connectivity index is 1.98.